The first-order chi connectivity index (χ1) is 12.4. The Hall–Kier alpha value is -2.17. The number of sulfonamides is 1. The minimum atomic E-state index is -3.76. The lowest BCUT2D eigenvalue weighted by Gasteiger charge is -2.09. The van der Waals surface area contributed by atoms with Gasteiger partial charge in [0.1, 0.15) is 5.76 Å². The first-order valence-electron chi connectivity index (χ1n) is 7.63. The van der Waals surface area contributed by atoms with E-state index in [1.807, 2.05) is 18.2 Å². The van der Waals surface area contributed by atoms with Gasteiger partial charge in [-0.25, -0.2) is 13.1 Å². The Morgan fingerprint density at radius 3 is 2.58 bits per heavy atom. The van der Waals surface area contributed by atoms with Crippen LogP contribution in [0.15, 0.2) is 76.2 Å². The Bertz CT molecular complexity index is 1020. The number of nitrogens with one attached hydrogen (secondary N) is 2. The average Bonchev–Trinajstić information content (AvgIpc) is 3.14. The third-order valence-electron chi connectivity index (χ3n) is 3.51. The molecule has 0 fully saturated rings. The molecule has 3 aromatic rings. The van der Waals surface area contributed by atoms with E-state index in [-0.39, 0.29) is 22.9 Å². The molecule has 3 rings (SSSR count). The largest absolute Gasteiger partial charge is 0.468 e. The summed E-state index contributed by atoms with van der Waals surface area (Å²) in [5.74, 6) is 0.122. The van der Waals surface area contributed by atoms with E-state index in [4.69, 9.17) is 4.42 Å². The molecule has 0 aliphatic carbocycles. The molecule has 0 aliphatic heterocycles. The molecule has 0 unspecified atom stereocenters. The van der Waals surface area contributed by atoms with E-state index < -0.39 is 10.0 Å². The summed E-state index contributed by atoms with van der Waals surface area (Å²) in [4.78, 5) is 12.4. The number of hydrogen-bond donors (Lipinski definition) is 2. The van der Waals surface area contributed by atoms with Crippen molar-refractivity contribution < 1.29 is 17.6 Å². The van der Waals surface area contributed by atoms with Crippen LogP contribution in [-0.4, -0.2) is 14.3 Å². The highest BCUT2D eigenvalue weighted by molar-refractivity contribution is 14.1. The zero-order valence-corrected chi connectivity index (χ0v) is 16.5. The summed E-state index contributed by atoms with van der Waals surface area (Å²) in [6, 6.07) is 16.6. The number of carbonyl (C=O) groups is 1. The Kier molecular flexibility index (Phi) is 5.74. The first-order valence-corrected chi connectivity index (χ1v) is 10.2. The molecule has 0 atom stereocenters. The quantitative estimate of drug-likeness (QED) is 0.526. The van der Waals surface area contributed by atoms with Crippen molar-refractivity contribution in [3.05, 3.63) is 81.8 Å². The van der Waals surface area contributed by atoms with Gasteiger partial charge in [0.05, 0.1) is 17.7 Å². The molecule has 26 heavy (non-hydrogen) atoms. The van der Waals surface area contributed by atoms with E-state index in [0.717, 1.165) is 3.57 Å². The van der Waals surface area contributed by atoms with Gasteiger partial charge in [-0.15, -0.1) is 0 Å². The third kappa shape index (κ3) is 4.71. The van der Waals surface area contributed by atoms with Gasteiger partial charge in [-0.3, -0.25) is 4.79 Å². The van der Waals surface area contributed by atoms with Crippen LogP contribution in [0, 0.1) is 3.57 Å². The molecule has 0 spiro atoms. The monoisotopic (exact) mass is 482 g/mol. The second-order valence-electron chi connectivity index (χ2n) is 5.40. The zero-order valence-electron chi connectivity index (χ0n) is 13.5. The lowest BCUT2D eigenvalue weighted by Crippen LogP contribution is -2.23. The molecule has 8 heteroatoms. The van der Waals surface area contributed by atoms with Crippen molar-refractivity contribution in [1.29, 1.82) is 0 Å². The van der Waals surface area contributed by atoms with E-state index in [0.29, 0.717) is 11.4 Å². The number of hydrogen-bond acceptors (Lipinski definition) is 4. The molecule has 1 heterocycles. The Labute approximate surface area is 164 Å². The van der Waals surface area contributed by atoms with Crippen LogP contribution in [0.1, 0.15) is 16.1 Å². The number of amides is 1. The van der Waals surface area contributed by atoms with Gasteiger partial charge in [-0.2, -0.15) is 0 Å². The Morgan fingerprint density at radius 1 is 1.04 bits per heavy atom. The van der Waals surface area contributed by atoms with Gasteiger partial charge in [0.15, 0.2) is 0 Å². The maximum Gasteiger partial charge on any atom is 0.255 e. The maximum atomic E-state index is 12.4. The maximum absolute atomic E-state index is 12.4. The van der Waals surface area contributed by atoms with Gasteiger partial charge in [-0.05, 0) is 71.1 Å². The first kappa shape index (κ1) is 18.6. The van der Waals surface area contributed by atoms with Crippen molar-refractivity contribution in [1.82, 2.24) is 4.72 Å². The standard InChI is InChI=1S/C18H15IN2O4S/c19-14-5-2-6-15(11-14)21-18(22)13-4-1-8-17(10-13)26(23,24)20-12-16-7-3-9-25-16/h1-11,20H,12H2,(H,21,22). The lowest BCUT2D eigenvalue weighted by atomic mass is 10.2. The van der Waals surface area contributed by atoms with Crippen molar-refractivity contribution in [2.24, 2.45) is 0 Å². The summed E-state index contributed by atoms with van der Waals surface area (Å²) >= 11 is 2.15. The number of carbonyl (C=O) groups excluding carboxylic acids is 1. The van der Waals surface area contributed by atoms with Crippen molar-refractivity contribution in [2.75, 3.05) is 5.32 Å². The second kappa shape index (κ2) is 8.02. The minimum Gasteiger partial charge on any atom is -0.468 e. The van der Waals surface area contributed by atoms with Crippen LogP contribution in [0.4, 0.5) is 5.69 Å². The molecular weight excluding hydrogens is 467 g/mol. The summed E-state index contributed by atoms with van der Waals surface area (Å²) < 4.78 is 33.4. The van der Waals surface area contributed by atoms with Crippen molar-refractivity contribution >= 4 is 44.2 Å². The summed E-state index contributed by atoms with van der Waals surface area (Å²) in [6.07, 6.45) is 1.47. The fourth-order valence-electron chi connectivity index (χ4n) is 2.24. The minimum absolute atomic E-state index is 0.0133. The van der Waals surface area contributed by atoms with Crippen molar-refractivity contribution in [3.63, 3.8) is 0 Å². The molecule has 2 N–H and O–H groups in total. The van der Waals surface area contributed by atoms with Crippen LogP contribution in [0.25, 0.3) is 0 Å². The molecule has 0 saturated carbocycles. The molecule has 1 amide bonds. The average molecular weight is 482 g/mol. The van der Waals surface area contributed by atoms with Gasteiger partial charge in [0.25, 0.3) is 5.91 Å². The summed E-state index contributed by atoms with van der Waals surface area (Å²) in [5, 5.41) is 2.76. The highest BCUT2D eigenvalue weighted by atomic mass is 127. The predicted octanol–water partition coefficient (Wildman–Crippen LogP) is 3.62. The number of anilines is 1. The molecule has 0 saturated heterocycles. The Morgan fingerprint density at radius 2 is 1.85 bits per heavy atom. The number of benzene rings is 2. The van der Waals surface area contributed by atoms with Crippen LogP contribution >= 0.6 is 22.6 Å². The third-order valence-corrected chi connectivity index (χ3v) is 5.58. The van der Waals surface area contributed by atoms with Crippen LogP contribution in [-0.2, 0) is 16.6 Å². The zero-order chi connectivity index (χ0) is 18.6. The van der Waals surface area contributed by atoms with Gasteiger partial charge < -0.3 is 9.73 Å². The highest BCUT2D eigenvalue weighted by Crippen LogP contribution is 2.16. The number of rotatable bonds is 6. The highest BCUT2D eigenvalue weighted by Gasteiger charge is 2.17. The molecular formula is C18H15IN2O4S. The van der Waals surface area contributed by atoms with Crippen molar-refractivity contribution in [2.45, 2.75) is 11.4 Å². The topological polar surface area (TPSA) is 88.4 Å². The molecule has 134 valence electrons. The van der Waals surface area contributed by atoms with Gasteiger partial charge in [0, 0.05) is 14.8 Å². The van der Waals surface area contributed by atoms with Crippen molar-refractivity contribution in [3.8, 4) is 0 Å². The molecule has 1 aromatic heterocycles. The Balaban J connectivity index is 1.75. The normalized spacial score (nSPS) is 11.3. The summed E-state index contributed by atoms with van der Waals surface area (Å²) in [6.45, 7) is 0.0359. The SMILES string of the molecule is O=C(Nc1cccc(I)c1)c1cccc(S(=O)(=O)NCc2ccco2)c1. The molecule has 0 bridgehead atoms. The second-order valence-corrected chi connectivity index (χ2v) is 8.41. The lowest BCUT2D eigenvalue weighted by molar-refractivity contribution is 0.102. The molecule has 2 aromatic carbocycles. The van der Waals surface area contributed by atoms with Crippen LogP contribution in [0.3, 0.4) is 0 Å². The van der Waals surface area contributed by atoms with E-state index in [1.165, 1.54) is 24.5 Å². The number of halogens is 1. The molecule has 0 radical (unpaired) electrons. The fraction of sp³-hybridized carbons (Fsp3) is 0.0556. The van der Waals surface area contributed by atoms with E-state index in [9.17, 15) is 13.2 Å². The van der Waals surface area contributed by atoms with Gasteiger partial charge in [-0.1, -0.05) is 12.1 Å². The number of furan rings is 1. The van der Waals surface area contributed by atoms with Crippen LogP contribution in [0.2, 0.25) is 0 Å². The summed E-state index contributed by atoms with van der Waals surface area (Å²) in [5.41, 5.74) is 0.899. The fourth-order valence-corrected chi connectivity index (χ4v) is 3.82. The van der Waals surface area contributed by atoms with E-state index in [1.54, 1.807) is 24.3 Å². The summed E-state index contributed by atoms with van der Waals surface area (Å²) in [7, 11) is -3.76. The van der Waals surface area contributed by atoms with Gasteiger partial charge in [0.2, 0.25) is 10.0 Å². The van der Waals surface area contributed by atoms with E-state index >= 15 is 0 Å². The van der Waals surface area contributed by atoms with E-state index in [2.05, 4.69) is 32.6 Å². The van der Waals surface area contributed by atoms with Crippen LogP contribution < -0.4 is 10.0 Å². The molecule has 0 aliphatic rings. The smallest absolute Gasteiger partial charge is 0.255 e. The molecule has 6 nitrogen and oxygen atoms in total. The predicted molar refractivity (Wildman–Crippen MR) is 106 cm³/mol. The van der Waals surface area contributed by atoms with Crippen LogP contribution in [0.5, 0.6) is 0 Å². The van der Waals surface area contributed by atoms with Gasteiger partial charge >= 0.3 is 0 Å².